The molecule has 2 fully saturated rings. The lowest BCUT2D eigenvalue weighted by molar-refractivity contribution is -0.334. The Morgan fingerprint density at radius 1 is 0.870 bits per heavy atom. The van der Waals surface area contributed by atoms with Crippen LogP contribution in [0.15, 0.2) is 0 Å². The number of rotatable bonds is 4. The summed E-state index contributed by atoms with van der Waals surface area (Å²) in [4.78, 5) is 11.5. The Labute approximate surface area is 130 Å². The first kappa shape index (κ1) is 18.6. The molecule has 0 aliphatic carbocycles. The first-order valence-electron chi connectivity index (χ1n) is 6.94. The molecule has 11 nitrogen and oxygen atoms in total. The minimum atomic E-state index is -1.93. The zero-order valence-corrected chi connectivity index (χ0v) is 11.9. The van der Waals surface area contributed by atoms with Gasteiger partial charge in [-0.05, 0) is 0 Å². The molecule has 1 unspecified atom stereocenters. The largest absolute Gasteiger partial charge is 0.394 e. The molecule has 134 valence electrons. The Hall–Kier alpha value is -0.730. The van der Waals surface area contributed by atoms with E-state index >= 15 is 0 Å². The summed E-state index contributed by atoms with van der Waals surface area (Å²) in [5, 5.41) is 66.6. The monoisotopic (exact) mass is 340 g/mol. The van der Waals surface area contributed by atoms with Gasteiger partial charge in [-0.25, -0.2) is 0 Å². The molecule has 0 aromatic carbocycles. The lowest BCUT2D eigenvalue weighted by atomic mass is 9.97. The van der Waals surface area contributed by atoms with Crippen LogP contribution in [-0.4, -0.2) is 110 Å². The van der Waals surface area contributed by atoms with Gasteiger partial charge in [-0.1, -0.05) is 0 Å². The van der Waals surface area contributed by atoms with Crippen molar-refractivity contribution in [3.8, 4) is 0 Å². The Morgan fingerprint density at radius 2 is 1.48 bits per heavy atom. The topological polar surface area (TPSA) is 186 Å². The van der Waals surface area contributed by atoms with Crippen molar-refractivity contribution in [3.63, 3.8) is 0 Å². The van der Waals surface area contributed by atoms with Gasteiger partial charge in [0, 0.05) is 0 Å². The fourth-order valence-corrected chi connectivity index (χ4v) is 2.47. The predicted octanol–water partition coefficient (Wildman–Crippen LogP) is -5.19. The van der Waals surface area contributed by atoms with E-state index in [0.717, 1.165) is 0 Å². The average molecular weight is 340 g/mol. The minimum Gasteiger partial charge on any atom is -0.394 e. The van der Waals surface area contributed by atoms with Crippen LogP contribution in [0.25, 0.3) is 0 Å². The van der Waals surface area contributed by atoms with E-state index in [1.54, 1.807) is 0 Å². The number of carbonyl (C=O) groups is 1. The van der Waals surface area contributed by atoms with Crippen molar-refractivity contribution in [3.05, 3.63) is 0 Å². The predicted molar refractivity (Wildman–Crippen MR) is 67.6 cm³/mol. The summed E-state index contributed by atoms with van der Waals surface area (Å²) < 4.78 is 15.1. The highest BCUT2D eigenvalue weighted by molar-refractivity contribution is 5.87. The van der Waals surface area contributed by atoms with E-state index in [-0.39, 0.29) is 0 Å². The highest BCUT2D eigenvalue weighted by Crippen LogP contribution is 2.27. The Bertz CT molecular complexity index is 416. The van der Waals surface area contributed by atoms with E-state index in [2.05, 4.69) is 0 Å². The molecule has 2 rings (SSSR count). The minimum absolute atomic E-state index is 0.685. The fraction of sp³-hybridized carbons (Fsp3) is 0.917. The van der Waals surface area contributed by atoms with Gasteiger partial charge in [0.25, 0.3) is 0 Å². The van der Waals surface area contributed by atoms with E-state index < -0.39 is 74.3 Å². The molecule has 2 saturated heterocycles. The van der Waals surface area contributed by atoms with Crippen molar-refractivity contribution in [1.82, 2.24) is 0 Å². The third-order valence-corrected chi connectivity index (χ3v) is 3.84. The summed E-state index contributed by atoms with van der Waals surface area (Å²) in [7, 11) is 0. The van der Waals surface area contributed by atoms with Crippen LogP contribution in [0.5, 0.6) is 0 Å². The Balaban J connectivity index is 2.13. The van der Waals surface area contributed by atoms with Crippen molar-refractivity contribution in [1.29, 1.82) is 0 Å². The summed E-state index contributed by atoms with van der Waals surface area (Å²) in [6.07, 6.45) is -14.5. The second kappa shape index (κ2) is 7.44. The lowest BCUT2D eigenvalue weighted by Gasteiger charge is -2.43. The molecule has 0 spiro atoms. The van der Waals surface area contributed by atoms with Crippen LogP contribution in [0.4, 0.5) is 0 Å². The Kier molecular flexibility index (Phi) is 6.02. The summed E-state index contributed by atoms with van der Waals surface area (Å²) in [6.45, 7) is -1.40. The van der Waals surface area contributed by atoms with Crippen LogP contribution in [0.3, 0.4) is 0 Å². The summed E-state index contributed by atoms with van der Waals surface area (Å²) in [5.74, 6) is -1.11. The van der Waals surface area contributed by atoms with E-state index in [1.807, 2.05) is 0 Å². The lowest BCUT2D eigenvalue weighted by Crippen LogP contribution is -2.63. The van der Waals surface area contributed by atoms with Crippen LogP contribution in [-0.2, 0) is 19.0 Å². The second-order valence-electron chi connectivity index (χ2n) is 5.35. The average Bonchev–Trinajstić information content (AvgIpc) is 2.55. The summed E-state index contributed by atoms with van der Waals surface area (Å²) in [6, 6.07) is 0. The number of hydrogen-bond donors (Lipinski definition) is 7. The molecule has 2 aliphatic rings. The number of aliphatic hydroxyl groups excluding tert-OH is 7. The quantitative estimate of drug-likeness (QED) is 0.259. The number of aliphatic hydroxyl groups is 7. The summed E-state index contributed by atoms with van der Waals surface area (Å²) >= 11 is 0. The van der Waals surface area contributed by atoms with Gasteiger partial charge < -0.3 is 50.0 Å². The van der Waals surface area contributed by atoms with Gasteiger partial charge in [-0.3, -0.25) is 4.79 Å². The number of Topliss-reactive ketones (excluding diaryl/α,β-unsaturated/α-hetero) is 1. The van der Waals surface area contributed by atoms with Crippen LogP contribution in [0.1, 0.15) is 0 Å². The van der Waals surface area contributed by atoms with Crippen molar-refractivity contribution >= 4 is 5.78 Å². The maximum absolute atomic E-state index is 11.5. The molecule has 2 aliphatic heterocycles. The fourth-order valence-electron chi connectivity index (χ4n) is 2.47. The van der Waals surface area contributed by atoms with Crippen LogP contribution in [0.2, 0.25) is 0 Å². The molecule has 0 saturated carbocycles. The van der Waals surface area contributed by atoms with E-state index in [9.17, 15) is 35.4 Å². The zero-order valence-electron chi connectivity index (χ0n) is 11.9. The second-order valence-corrected chi connectivity index (χ2v) is 5.35. The number of ketones is 1. The van der Waals surface area contributed by atoms with Crippen LogP contribution >= 0.6 is 0 Å². The van der Waals surface area contributed by atoms with Gasteiger partial charge in [0.1, 0.15) is 42.7 Å². The van der Waals surface area contributed by atoms with Gasteiger partial charge in [-0.15, -0.1) is 0 Å². The highest BCUT2D eigenvalue weighted by Gasteiger charge is 2.50. The Morgan fingerprint density at radius 3 is 2.04 bits per heavy atom. The van der Waals surface area contributed by atoms with Gasteiger partial charge in [0.15, 0.2) is 6.29 Å². The molecule has 2 heterocycles. The van der Waals surface area contributed by atoms with Gasteiger partial charge in [-0.2, -0.15) is 0 Å². The van der Waals surface area contributed by atoms with Crippen molar-refractivity contribution in [2.24, 2.45) is 0 Å². The third kappa shape index (κ3) is 3.53. The number of ether oxygens (including phenoxy) is 3. The van der Waals surface area contributed by atoms with Crippen LogP contribution < -0.4 is 0 Å². The first-order valence-corrected chi connectivity index (χ1v) is 6.94. The van der Waals surface area contributed by atoms with E-state index in [1.165, 1.54) is 0 Å². The molecule has 0 bridgehead atoms. The van der Waals surface area contributed by atoms with Crippen molar-refractivity contribution in [2.75, 3.05) is 13.2 Å². The maximum atomic E-state index is 11.5. The van der Waals surface area contributed by atoms with E-state index in [4.69, 9.17) is 19.3 Å². The van der Waals surface area contributed by atoms with Crippen molar-refractivity contribution in [2.45, 2.75) is 55.3 Å². The third-order valence-electron chi connectivity index (χ3n) is 3.84. The molecule has 0 radical (unpaired) electrons. The molecule has 0 aromatic heterocycles. The van der Waals surface area contributed by atoms with Gasteiger partial charge in [0.05, 0.1) is 13.2 Å². The highest BCUT2D eigenvalue weighted by atomic mass is 16.7. The van der Waals surface area contributed by atoms with Gasteiger partial charge in [0.2, 0.25) is 12.1 Å². The van der Waals surface area contributed by atoms with Gasteiger partial charge >= 0.3 is 0 Å². The summed E-state index contributed by atoms with van der Waals surface area (Å²) in [5.41, 5.74) is 0. The first-order chi connectivity index (χ1) is 10.8. The molecule has 11 heteroatoms. The molecule has 23 heavy (non-hydrogen) atoms. The standard InChI is InChI=1S/C12H20O11/c13-1-3-5(15)6(16)9(19)12(22-3)23-10-4(2-14)21-11(20)8(18)7(10)17/h3-7,9-17,19-20H,1-2H2/t3-,4-,5+,6+,7-,9-,10-,11?,12+/m1/s1. The molecule has 0 amide bonds. The van der Waals surface area contributed by atoms with Crippen molar-refractivity contribution < 1.29 is 54.8 Å². The smallest absolute Gasteiger partial charge is 0.219 e. The molecule has 0 aromatic rings. The number of hydrogen-bond acceptors (Lipinski definition) is 11. The van der Waals surface area contributed by atoms with Crippen LogP contribution in [0, 0.1) is 0 Å². The van der Waals surface area contributed by atoms with E-state index in [0.29, 0.717) is 0 Å². The number of carbonyl (C=O) groups excluding carboxylic acids is 1. The molecule has 7 N–H and O–H groups in total. The molecular weight excluding hydrogens is 320 g/mol. The normalized spacial score (nSPS) is 48.5. The molecular formula is C12H20O11. The zero-order chi connectivity index (χ0) is 17.3. The maximum Gasteiger partial charge on any atom is 0.219 e. The SMILES string of the molecule is O=C1C(O)O[C@H](CO)[C@@H](O[C@@H]2O[C@H](CO)[C@H](O)[C@H](O)[C@H]2O)[C@@H]1O. The molecule has 9 atom stereocenters.